The van der Waals surface area contributed by atoms with Crippen LogP contribution in [0.4, 0.5) is 0 Å². The standard InChI is InChI=1S/C10H12ClN3OS/c1-6(2)7-3-4-14(13-7)10-12-9(11)8(5-15)16-10/h3-4,6,15H,5H2,1-2H3. The predicted octanol–water partition coefficient (Wildman–Crippen LogP) is 2.60. The first kappa shape index (κ1) is 11.6. The highest BCUT2D eigenvalue weighted by Gasteiger charge is 2.11. The van der Waals surface area contributed by atoms with Crippen molar-refractivity contribution in [3.05, 3.63) is 28.0 Å². The van der Waals surface area contributed by atoms with Crippen LogP contribution >= 0.6 is 22.9 Å². The fourth-order valence-corrected chi connectivity index (χ4v) is 2.32. The lowest BCUT2D eigenvalue weighted by Crippen LogP contribution is -1.96. The van der Waals surface area contributed by atoms with E-state index in [0.717, 1.165) is 5.69 Å². The maximum absolute atomic E-state index is 9.03. The van der Waals surface area contributed by atoms with E-state index >= 15 is 0 Å². The number of nitrogens with zero attached hydrogens (tertiary/aromatic N) is 3. The summed E-state index contributed by atoms with van der Waals surface area (Å²) in [7, 11) is 0. The SMILES string of the molecule is CC(C)c1ccn(-c2nc(Cl)c(CO)s2)n1. The average molecular weight is 258 g/mol. The van der Waals surface area contributed by atoms with E-state index in [4.69, 9.17) is 16.7 Å². The van der Waals surface area contributed by atoms with Crippen LogP contribution in [0.5, 0.6) is 0 Å². The Hall–Kier alpha value is -0.910. The monoisotopic (exact) mass is 257 g/mol. The number of aliphatic hydroxyl groups is 1. The summed E-state index contributed by atoms with van der Waals surface area (Å²) in [5.74, 6) is 0.383. The molecular formula is C10H12ClN3OS. The van der Waals surface area contributed by atoms with Gasteiger partial charge in [-0.3, -0.25) is 0 Å². The molecule has 0 aromatic carbocycles. The largest absolute Gasteiger partial charge is 0.391 e. The summed E-state index contributed by atoms with van der Waals surface area (Å²) in [4.78, 5) is 4.81. The lowest BCUT2D eigenvalue weighted by atomic mass is 10.1. The topological polar surface area (TPSA) is 50.9 Å². The molecule has 0 spiro atoms. The van der Waals surface area contributed by atoms with E-state index in [9.17, 15) is 0 Å². The molecule has 0 saturated heterocycles. The molecule has 0 aliphatic rings. The van der Waals surface area contributed by atoms with Crippen LogP contribution in [0.3, 0.4) is 0 Å². The molecule has 0 unspecified atom stereocenters. The van der Waals surface area contributed by atoms with Gasteiger partial charge < -0.3 is 5.11 Å². The van der Waals surface area contributed by atoms with E-state index in [2.05, 4.69) is 23.9 Å². The van der Waals surface area contributed by atoms with Crippen LogP contribution in [0, 0.1) is 0 Å². The van der Waals surface area contributed by atoms with Crippen LogP contribution in [0.25, 0.3) is 5.13 Å². The van der Waals surface area contributed by atoms with Crippen molar-refractivity contribution in [3.63, 3.8) is 0 Å². The normalized spacial score (nSPS) is 11.3. The van der Waals surface area contributed by atoms with E-state index in [1.165, 1.54) is 11.3 Å². The van der Waals surface area contributed by atoms with Crippen LogP contribution in [0.2, 0.25) is 5.15 Å². The third-order valence-corrected chi connectivity index (χ3v) is 3.63. The van der Waals surface area contributed by atoms with Crippen molar-refractivity contribution in [2.45, 2.75) is 26.4 Å². The van der Waals surface area contributed by atoms with E-state index in [-0.39, 0.29) is 6.61 Å². The van der Waals surface area contributed by atoms with Crippen molar-refractivity contribution in [1.29, 1.82) is 0 Å². The number of halogens is 1. The summed E-state index contributed by atoms with van der Waals surface area (Å²) < 4.78 is 1.69. The highest BCUT2D eigenvalue weighted by Crippen LogP contribution is 2.25. The predicted molar refractivity (Wildman–Crippen MR) is 64.3 cm³/mol. The Morgan fingerprint density at radius 2 is 2.31 bits per heavy atom. The van der Waals surface area contributed by atoms with Gasteiger partial charge in [-0.25, -0.2) is 9.67 Å². The molecule has 2 heterocycles. The maximum Gasteiger partial charge on any atom is 0.212 e. The van der Waals surface area contributed by atoms with Crippen molar-refractivity contribution in [2.75, 3.05) is 0 Å². The van der Waals surface area contributed by atoms with Crippen molar-refractivity contribution < 1.29 is 5.11 Å². The van der Waals surface area contributed by atoms with Crippen molar-refractivity contribution in [2.24, 2.45) is 0 Å². The lowest BCUT2D eigenvalue weighted by Gasteiger charge is -1.97. The number of aromatic nitrogens is 3. The zero-order chi connectivity index (χ0) is 11.7. The number of rotatable bonds is 3. The Bertz CT molecular complexity index is 492. The maximum atomic E-state index is 9.03. The van der Waals surface area contributed by atoms with Crippen molar-refractivity contribution in [3.8, 4) is 5.13 Å². The smallest absolute Gasteiger partial charge is 0.212 e. The lowest BCUT2D eigenvalue weighted by molar-refractivity contribution is 0.285. The van der Waals surface area contributed by atoms with Crippen LogP contribution in [0.15, 0.2) is 12.3 Å². The van der Waals surface area contributed by atoms with Gasteiger partial charge in [0.25, 0.3) is 0 Å². The molecule has 0 atom stereocenters. The minimum Gasteiger partial charge on any atom is -0.391 e. The van der Waals surface area contributed by atoms with E-state index < -0.39 is 0 Å². The van der Waals surface area contributed by atoms with Crippen LogP contribution in [-0.2, 0) is 6.61 Å². The number of aliphatic hydroxyl groups excluding tert-OH is 1. The molecule has 1 N–H and O–H groups in total. The molecule has 0 saturated carbocycles. The molecule has 16 heavy (non-hydrogen) atoms. The second-order valence-electron chi connectivity index (χ2n) is 3.71. The molecule has 0 aliphatic carbocycles. The van der Waals surface area contributed by atoms with Gasteiger partial charge in [-0.1, -0.05) is 36.8 Å². The number of hydrogen-bond acceptors (Lipinski definition) is 4. The summed E-state index contributed by atoms with van der Waals surface area (Å²) in [6.45, 7) is 4.08. The Morgan fingerprint density at radius 3 is 2.81 bits per heavy atom. The molecule has 0 fully saturated rings. The summed E-state index contributed by atoms with van der Waals surface area (Å²) in [6.07, 6.45) is 1.85. The molecule has 4 nitrogen and oxygen atoms in total. The van der Waals surface area contributed by atoms with Gasteiger partial charge in [0.05, 0.1) is 17.2 Å². The minimum atomic E-state index is -0.0885. The highest BCUT2D eigenvalue weighted by atomic mass is 35.5. The van der Waals surface area contributed by atoms with Gasteiger partial charge in [0.1, 0.15) is 5.15 Å². The third-order valence-electron chi connectivity index (χ3n) is 2.18. The second kappa shape index (κ2) is 4.53. The molecule has 0 radical (unpaired) electrons. The molecule has 0 aliphatic heterocycles. The molecule has 2 aromatic heterocycles. The fourth-order valence-electron chi connectivity index (χ4n) is 1.27. The molecule has 2 rings (SSSR count). The Morgan fingerprint density at radius 1 is 1.56 bits per heavy atom. The van der Waals surface area contributed by atoms with E-state index in [1.54, 1.807) is 4.68 Å². The second-order valence-corrected chi connectivity index (χ2v) is 5.13. The minimum absolute atomic E-state index is 0.0885. The first-order valence-corrected chi connectivity index (χ1v) is 6.13. The van der Waals surface area contributed by atoms with Gasteiger partial charge in [0, 0.05) is 6.20 Å². The first-order valence-electron chi connectivity index (χ1n) is 4.94. The molecule has 2 aromatic rings. The Labute approximate surface area is 103 Å². The summed E-state index contributed by atoms with van der Waals surface area (Å²) >= 11 is 7.21. The zero-order valence-electron chi connectivity index (χ0n) is 9.01. The quantitative estimate of drug-likeness (QED) is 0.920. The number of thiazole rings is 1. The van der Waals surface area contributed by atoms with Crippen molar-refractivity contribution in [1.82, 2.24) is 14.8 Å². The molecule has 6 heteroatoms. The highest BCUT2D eigenvalue weighted by molar-refractivity contribution is 7.14. The van der Waals surface area contributed by atoms with Crippen LogP contribution in [0.1, 0.15) is 30.3 Å². The molecule has 0 amide bonds. The summed E-state index contributed by atoms with van der Waals surface area (Å²) in [6, 6.07) is 1.96. The van der Waals surface area contributed by atoms with Gasteiger partial charge in [-0.05, 0) is 12.0 Å². The molecule has 86 valence electrons. The van der Waals surface area contributed by atoms with Crippen LogP contribution in [-0.4, -0.2) is 19.9 Å². The van der Waals surface area contributed by atoms with Crippen molar-refractivity contribution >= 4 is 22.9 Å². The zero-order valence-corrected chi connectivity index (χ0v) is 10.6. The van der Waals surface area contributed by atoms with E-state index in [1.807, 2.05) is 12.3 Å². The average Bonchev–Trinajstić information content (AvgIpc) is 2.83. The molecule has 0 bridgehead atoms. The number of hydrogen-bond donors (Lipinski definition) is 1. The van der Waals surface area contributed by atoms with Gasteiger partial charge in [-0.2, -0.15) is 5.10 Å². The van der Waals surface area contributed by atoms with Crippen LogP contribution < -0.4 is 0 Å². The van der Waals surface area contributed by atoms with Gasteiger partial charge >= 0.3 is 0 Å². The third kappa shape index (κ3) is 2.11. The molecular weight excluding hydrogens is 246 g/mol. The summed E-state index contributed by atoms with van der Waals surface area (Å²) in [5, 5.41) is 14.5. The Kier molecular flexibility index (Phi) is 3.28. The fraction of sp³-hybridized carbons (Fsp3) is 0.400. The van der Waals surface area contributed by atoms with Gasteiger partial charge in [0.2, 0.25) is 5.13 Å². The van der Waals surface area contributed by atoms with Gasteiger partial charge in [-0.15, -0.1) is 0 Å². The van der Waals surface area contributed by atoms with E-state index in [0.29, 0.717) is 21.1 Å². The Balaban J connectivity index is 2.35. The first-order chi connectivity index (χ1) is 7.61. The van der Waals surface area contributed by atoms with Gasteiger partial charge in [0.15, 0.2) is 0 Å². The summed E-state index contributed by atoms with van der Waals surface area (Å²) in [5.41, 5.74) is 1.01.